The monoisotopic (exact) mass is 284 g/mol. The van der Waals surface area contributed by atoms with Crippen molar-refractivity contribution in [1.29, 1.82) is 0 Å². The Morgan fingerprint density at radius 1 is 1.19 bits per heavy atom. The fourth-order valence-corrected chi connectivity index (χ4v) is 2.66. The van der Waals surface area contributed by atoms with Gasteiger partial charge in [-0.2, -0.15) is 0 Å². The van der Waals surface area contributed by atoms with E-state index in [0.717, 1.165) is 11.3 Å². The van der Waals surface area contributed by atoms with Crippen molar-refractivity contribution >= 4 is 5.91 Å². The van der Waals surface area contributed by atoms with Crippen LogP contribution in [-0.2, 0) is 4.74 Å². The number of hydrogen-bond acceptors (Lipinski definition) is 2. The summed E-state index contributed by atoms with van der Waals surface area (Å²) in [4.78, 5) is 14.6. The molecule has 0 saturated carbocycles. The minimum absolute atomic E-state index is 0.0756. The molecule has 1 fully saturated rings. The van der Waals surface area contributed by atoms with E-state index in [9.17, 15) is 4.79 Å². The zero-order valence-corrected chi connectivity index (χ0v) is 12.4. The van der Waals surface area contributed by atoms with E-state index in [2.05, 4.69) is 0 Å². The first-order valence-electron chi connectivity index (χ1n) is 7.31. The van der Waals surface area contributed by atoms with Crippen LogP contribution in [0.15, 0.2) is 48.8 Å². The molecule has 1 aromatic heterocycles. The topological polar surface area (TPSA) is 34.5 Å². The van der Waals surface area contributed by atoms with Gasteiger partial charge in [-0.1, -0.05) is 6.07 Å². The second-order valence-corrected chi connectivity index (χ2v) is 5.59. The molecule has 1 aromatic carbocycles. The van der Waals surface area contributed by atoms with Crippen molar-refractivity contribution in [3.05, 3.63) is 54.4 Å². The van der Waals surface area contributed by atoms with E-state index in [0.29, 0.717) is 13.2 Å². The SMILES string of the molecule is CC1CN(C(=O)c2cccc(-n3cccc3)c2)C(C)CO1. The Hall–Kier alpha value is -2.07. The second-order valence-electron chi connectivity index (χ2n) is 5.59. The van der Waals surface area contributed by atoms with Crippen LogP contribution < -0.4 is 0 Å². The lowest BCUT2D eigenvalue weighted by Crippen LogP contribution is -2.50. The number of morpholine rings is 1. The third-order valence-corrected chi connectivity index (χ3v) is 3.86. The second kappa shape index (κ2) is 5.74. The van der Waals surface area contributed by atoms with Crippen molar-refractivity contribution in [3.8, 4) is 5.69 Å². The van der Waals surface area contributed by atoms with Crippen molar-refractivity contribution in [1.82, 2.24) is 9.47 Å². The van der Waals surface area contributed by atoms with E-state index in [-0.39, 0.29) is 18.1 Å². The highest BCUT2D eigenvalue weighted by Crippen LogP contribution is 2.17. The van der Waals surface area contributed by atoms with E-state index in [4.69, 9.17) is 4.74 Å². The number of hydrogen-bond donors (Lipinski definition) is 0. The number of benzene rings is 1. The molecule has 1 amide bonds. The highest BCUT2D eigenvalue weighted by molar-refractivity contribution is 5.95. The first-order valence-corrected chi connectivity index (χ1v) is 7.31. The minimum atomic E-state index is 0.0756. The zero-order chi connectivity index (χ0) is 14.8. The first-order chi connectivity index (χ1) is 10.1. The maximum atomic E-state index is 12.7. The molecule has 2 atom stereocenters. The molecule has 1 saturated heterocycles. The average Bonchev–Trinajstić information content (AvgIpc) is 3.03. The lowest BCUT2D eigenvalue weighted by Gasteiger charge is -2.36. The minimum Gasteiger partial charge on any atom is -0.375 e. The Balaban J connectivity index is 1.86. The van der Waals surface area contributed by atoms with Gasteiger partial charge in [0, 0.05) is 30.2 Å². The predicted octanol–water partition coefficient (Wildman–Crippen LogP) is 2.73. The number of nitrogens with zero attached hydrogens (tertiary/aromatic N) is 2. The van der Waals surface area contributed by atoms with Crippen LogP contribution in [0, 0.1) is 0 Å². The molecule has 2 aromatic rings. The zero-order valence-electron chi connectivity index (χ0n) is 12.4. The number of amides is 1. The summed E-state index contributed by atoms with van der Waals surface area (Å²) in [5.74, 6) is 0.0756. The molecule has 4 nitrogen and oxygen atoms in total. The number of aromatic nitrogens is 1. The van der Waals surface area contributed by atoms with Crippen LogP contribution in [0.3, 0.4) is 0 Å². The highest BCUT2D eigenvalue weighted by atomic mass is 16.5. The summed E-state index contributed by atoms with van der Waals surface area (Å²) < 4.78 is 7.59. The van der Waals surface area contributed by atoms with Gasteiger partial charge in [0.1, 0.15) is 0 Å². The normalized spacial score (nSPS) is 22.3. The summed E-state index contributed by atoms with van der Waals surface area (Å²) in [6.07, 6.45) is 4.05. The van der Waals surface area contributed by atoms with Crippen LogP contribution in [0.4, 0.5) is 0 Å². The third kappa shape index (κ3) is 2.85. The van der Waals surface area contributed by atoms with Crippen LogP contribution in [0.2, 0.25) is 0 Å². The molecule has 0 bridgehead atoms. The molecular weight excluding hydrogens is 264 g/mol. The molecule has 0 radical (unpaired) electrons. The summed E-state index contributed by atoms with van der Waals surface area (Å²) in [7, 11) is 0. The molecule has 110 valence electrons. The lowest BCUT2D eigenvalue weighted by molar-refractivity contribution is -0.0387. The van der Waals surface area contributed by atoms with Crippen molar-refractivity contribution in [3.63, 3.8) is 0 Å². The van der Waals surface area contributed by atoms with Gasteiger partial charge in [0.2, 0.25) is 0 Å². The molecule has 1 aliphatic heterocycles. The molecule has 0 N–H and O–H groups in total. The Morgan fingerprint density at radius 2 is 1.95 bits per heavy atom. The van der Waals surface area contributed by atoms with E-state index in [1.165, 1.54) is 0 Å². The van der Waals surface area contributed by atoms with Gasteiger partial charge in [-0.3, -0.25) is 4.79 Å². The molecule has 4 heteroatoms. The van der Waals surface area contributed by atoms with Gasteiger partial charge in [0.25, 0.3) is 5.91 Å². The van der Waals surface area contributed by atoms with E-state index in [1.54, 1.807) is 0 Å². The molecule has 0 spiro atoms. The fraction of sp³-hybridized carbons (Fsp3) is 0.353. The van der Waals surface area contributed by atoms with Gasteiger partial charge in [-0.15, -0.1) is 0 Å². The van der Waals surface area contributed by atoms with Gasteiger partial charge in [0.05, 0.1) is 18.8 Å². The molecule has 0 aliphatic carbocycles. The summed E-state index contributed by atoms with van der Waals surface area (Å²) in [5.41, 5.74) is 1.72. The maximum Gasteiger partial charge on any atom is 0.254 e. The third-order valence-electron chi connectivity index (χ3n) is 3.86. The van der Waals surface area contributed by atoms with Crippen molar-refractivity contribution in [2.75, 3.05) is 13.2 Å². The van der Waals surface area contributed by atoms with E-state index in [1.807, 2.05) is 72.1 Å². The summed E-state index contributed by atoms with van der Waals surface area (Å²) in [5, 5.41) is 0. The van der Waals surface area contributed by atoms with Gasteiger partial charge in [-0.05, 0) is 44.2 Å². The highest BCUT2D eigenvalue weighted by Gasteiger charge is 2.28. The van der Waals surface area contributed by atoms with Crippen molar-refractivity contribution in [2.24, 2.45) is 0 Å². The molecule has 3 rings (SSSR count). The Labute approximate surface area is 124 Å². The van der Waals surface area contributed by atoms with E-state index >= 15 is 0 Å². The number of ether oxygens (including phenoxy) is 1. The van der Waals surface area contributed by atoms with Crippen LogP contribution >= 0.6 is 0 Å². The number of rotatable bonds is 2. The van der Waals surface area contributed by atoms with Gasteiger partial charge >= 0.3 is 0 Å². The fourth-order valence-electron chi connectivity index (χ4n) is 2.66. The van der Waals surface area contributed by atoms with Gasteiger partial charge in [-0.25, -0.2) is 0 Å². The Kier molecular flexibility index (Phi) is 3.80. The van der Waals surface area contributed by atoms with Crippen LogP contribution in [0.1, 0.15) is 24.2 Å². The Morgan fingerprint density at radius 3 is 2.71 bits per heavy atom. The first kappa shape index (κ1) is 13.9. The molecular formula is C17H20N2O2. The summed E-state index contributed by atoms with van der Waals surface area (Å²) in [6.45, 7) is 5.28. The van der Waals surface area contributed by atoms with Crippen molar-refractivity contribution < 1.29 is 9.53 Å². The lowest BCUT2D eigenvalue weighted by atomic mass is 10.1. The van der Waals surface area contributed by atoms with Gasteiger partial charge in [0.15, 0.2) is 0 Å². The quantitative estimate of drug-likeness (QED) is 0.850. The number of carbonyl (C=O) groups is 1. The molecule has 21 heavy (non-hydrogen) atoms. The van der Waals surface area contributed by atoms with Crippen molar-refractivity contribution in [2.45, 2.75) is 26.0 Å². The van der Waals surface area contributed by atoms with Crippen LogP contribution in [0.25, 0.3) is 5.69 Å². The summed E-state index contributed by atoms with van der Waals surface area (Å²) in [6, 6.07) is 11.8. The van der Waals surface area contributed by atoms with Crippen LogP contribution in [-0.4, -0.2) is 40.7 Å². The Bertz CT molecular complexity index is 621. The van der Waals surface area contributed by atoms with Gasteiger partial charge < -0.3 is 14.2 Å². The summed E-state index contributed by atoms with van der Waals surface area (Å²) >= 11 is 0. The molecule has 2 heterocycles. The smallest absolute Gasteiger partial charge is 0.254 e. The largest absolute Gasteiger partial charge is 0.375 e. The number of carbonyl (C=O) groups excluding carboxylic acids is 1. The van der Waals surface area contributed by atoms with Crippen LogP contribution in [0.5, 0.6) is 0 Å². The van der Waals surface area contributed by atoms with E-state index < -0.39 is 0 Å². The maximum absolute atomic E-state index is 12.7. The standard InChI is InChI=1S/C17H20N2O2/c1-13-12-21-14(2)11-19(13)17(20)15-6-5-7-16(10-15)18-8-3-4-9-18/h3-10,13-14H,11-12H2,1-2H3. The average molecular weight is 284 g/mol. The molecule has 1 aliphatic rings. The predicted molar refractivity (Wildman–Crippen MR) is 81.7 cm³/mol. The molecule has 2 unspecified atom stereocenters.